The van der Waals surface area contributed by atoms with Gasteiger partial charge in [0.1, 0.15) is 0 Å². The molecule has 0 aromatic rings. The fourth-order valence-electron chi connectivity index (χ4n) is 3.79. The molecule has 0 bridgehead atoms. The van der Waals surface area contributed by atoms with Crippen LogP contribution >= 0.6 is 0 Å². The van der Waals surface area contributed by atoms with Crippen molar-refractivity contribution in [3.63, 3.8) is 0 Å². The lowest BCUT2D eigenvalue weighted by atomic mass is 9.94. The fourth-order valence-corrected chi connectivity index (χ4v) is 3.79. The first-order chi connectivity index (χ1) is 7.78. The van der Waals surface area contributed by atoms with Crippen molar-refractivity contribution in [2.45, 2.75) is 63.5 Å². The second-order valence-electron chi connectivity index (χ2n) is 6.38. The van der Waals surface area contributed by atoms with Crippen LogP contribution in [0.25, 0.3) is 0 Å². The lowest BCUT2D eigenvalue weighted by molar-refractivity contribution is 0.152. The van der Waals surface area contributed by atoms with Gasteiger partial charge in [-0.05, 0) is 58.0 Å². The number of hydrogen-bond acceptors (Lipinski definition) is 2. The van der Waals surface area contributed by atoms with Crippen LogP contribution in [-0.4, -0.2) is 36.1 Å². The van der Waals surface area contributed by atoms with Gasteiger partial charge in [0, 0.05) is 18.1 Å². The second-order valence-corrected chi connectivity index (χ2v) is 6.38. The summed E-state index contributed by atoms with van der Waals surface area (Å²) in [6, 6.07) is 0.915. The van der Waals surface area contributed by atoms with Gasteiger partial charge in [0.2, 0.25) is 0 Å². The van der Waals surface area contributed by atoms with Gasteiger partial charge in [0.25, 0.3) is 0 Å². The van der Waals surface area contributed by atoms with E-state index in [9.17, 15) is 0 Å². The molecule has 1 heterocycles. The third-order valence-corrected chi connectivity index (χ3v) is 5.00. The highest BCUT2D eigenvalue weighted by Gasteiger charge is 2.43. The Labute approximate surface area is 99.8 Å². The summed E-state index contributed by atoms with van der Waals surface area (Å²) < 4.78 is 0. The molecule has 3 fully saturated rings. The van der Waals surface area contributed by atoms with E-state index in [4.69, 9.17) is 0 Å². The molecule has 0 spiro atoms. The van der Waals surface area contributed by atoms with Crippen LogP contribution in [0.15, 0.2) is 0 Å². The van der Waals surface area contributed by atoms with Gasteiger partial charge in [-0.2, -0.15) is 0 Å². The van der Waals surface area contributed by atoms with Crippen molar-refractivity contribution in [1.82, 2.24) is 10.2 Å². The SMILES string of the molecule is CC1(C2CC2)CN(C2CCCC2)CCCN1. The fraction of sp³-hybridized carbons (Fsp3) is 1.00. The predicted octanol–water partition coefficient (Wildman–Crippen LogP) is 2.39. The molecule has 2 nitrogen and oxygen atoms in total. The Morgan fingerprint density at radius 1 is 1.06 bits per heavy atom. The average Bonchev–Trinajstić information content (AvgIpc) is 3.03. The van der Waals surface area contributed by atoms with E-state index in [1.54, 1.807) is 0 Å². The molecule has 0 aromatic carbocycles. The molecule has 0 aromatic heterocycles. The Bertz CT molecular complexity index is 243. The summed E-state index contributed by atoms with van der Waals surface area (Å²) in [5.41, 5.74) is 0.430. The molecule has 92 valence electrons. The van der Waals surface area contributed by atoms with Crippen LogP contribution in [-0.2, 0) is 0 Å². The molecule has 16 heavy (non-hydrogen) atoms. The van der Waals surface area contributed by atoms with Crippen LogP contribution in [0, 0.1) is 5.92 Å². The van der Waals surface area contributed by atoms with Crippen LogP contribution in [0.4, 0.5) is 0 Å². The summed E-state index contributed by atoms with van der Waals surface area (Å²) in [6.07, 6.45) is 10.1. The van der Waals surface area contributed by atoms with E-state index in [-0.39, 0.29) is 0 Å². The van der Waals surface area contributed by atoms with Gasteiger partial charge < -0.3 is 5.32 Å². The highest BCUT2D eigenvalue weighted by molar-refractivity contribution is 5.02. The van der Waals surface area contributed by atoms with Crippen LogP contribution < -0.4 is 5.32 Å². The van der Waals surface area contributed by atoms with Gasteiger partial charge in [0.15, 0.2) is 0 Å². The quantitative estimate of drug-likeness (QED) is 0.772. The summed E-state index contributed by atoms with van der Waals surface area (Å²) in [4.78, 5) is 2.81. The van der Waals surface area contributed by atoms with Gasteiger partial charge in [-0.15, -0.1) is 0 Å². The second kappa shape index (κ2) is 4.30. The molecule has 1 N–H and O–H groups in total. The summed E-state index contributed by atoms with van der Waals surface area (Å²) in [5.74, 6) is 0.967. The third kappa shape index (κ3) is 2.14. The minimum Gasteiger partial charge on any atom is -0.310 e. The van der Waals surface area contributed by atoms with E-state index in [1.165, 1.54) is 64.6 Å². The zero-order valence-electron chi connectivity index (χ0n) is 10.7. The maximum Gasteiger partial charge on any atom is 0.0308 e. The molecule has 1 atom stereocenters. The smallest absolute Gasteiger partial charge is 0.0308 e. The van der Waals surface area contributed by atoms with Crippen molar-refractivity contribution in [1.29, 1.82) is 0 Å². The van der Waals surface area contributed by atoms with Crippen molar-refractivity contribution in [3.05, 3.63) is 0 Å². The first-order valence-corrected chi connectivity index (χ1v) is 7.27. The zero-order chi connectivity index (χ0) is 11.0. The maximum absolute atomic E-state index is 3.83. The first-order valence-electron chi connectivity index (χ1n) is 7.27. The molecule has 1 aliphatic heterocycles. The molecule has 0 radical (unpaired) electrons. The van der Waals surface area contributed by atoms with Crippen LogP contribution in [0.5, 0.6) is 0 Å². The number of hydrogen-bond donors (Lipinski definition) is 1. The molecule has 0 amide bonds. The number of nitrogens with zero attached hydrogens (tertiary/aromatic N) is 1. The third-order valence-electron chi connectivity index (χ3n) is 5.00. The van der Waals surface area contributed by atoms with E-state index in [0.29, 0.717) is 5.54 Å². The highest BCUT2D eigenvalue weighted by atomic mass is 15.2. The minimum absolute atomic E-state index is 0.430. The predicted molar refractivity (Wildman–Crippen MR) is 67.6 cm³/mol. The number of nitrogens with one attached hydrogen (secondary N) is 1. The Balaban J connectivity index is 1.68. The minimum atomic E-state index is 0.430. The standard InChI is InChI=1S/C14H26N2/c1-14(12-7-8-12)11-16(10-4-9-15-14)13-5-2-3-6-13/h12-13,15H,2-11H2,1H3. The van der Waals surface area contributed by atoms with E-state index in [1.807, 2.05) is 0 Å². The van der Waals surface area contributed by atoms with Crippen molar-refractivity contribution < 1.29 is 0 Å². The summed E-state index contributed by atoms with van der Waals surface area (Å²) >= 11 is 0. The maximum atomic E-state index is 3.83. The molecule has 2 heteroatoms. The zero-order valence-corrected chi connectivity index (χ0v) is 10.7. The van der Waals surface area contributed by atoms with E-state index >= 15 is 0 Å². The molecular weight excluding hydrogens is 196 g/mol. The average molecular weight is 222 g/mol. The Morgan fingerprint density at radius 2 is 1.81 bits per heavy atom. The Morgan fingerprint density at radius 3 is 2.50 bits per heavy atom. The van der Waals surface area contributed by atoms with Crippen molar-refractivity contribution >= 4 is 0 Å². The summed E-state index contributed by atoms with van der Waals surface area (Å²) in [6.45, 7) is 6.34. The molecule has 1 unspecified atom stereocenters. The molecular formula is C14H26N2. The molecule has 3 aliphatic rings. The monoisotopic (exact) mass is 222 g/mol. The molecule has 1 saturated heterocycles. The van der Waals surface area contributed by atoms with Crippen molar-refractivity contribution in [3.8, 4) is 0 Å². The van der Waals surface area contributed by atoms with Crippen LogP contribution in [0.2, 0.25) is 0 Å². The van der Waals surface area contributed by atoms with Gasteiger partial charge in [-0.25, -0.2) is 0 Å². The summed E-state index contributed by atoms with van der Waals surface area (Å²) in [7, 11) is 0. The van der Waals surface area contributed by atoms with Crippen LogP contribution in [0.3, 0.4) is 0 Å². The highest BCUT2D eigenvalue weighted by Crippen LogP contribution is 2.41. The number of rotatable bonds is 2. The normalized spacial score (nSPS) is 38.8. The Hall–Kier alpha value is -0.0800. The largest absolute Gasteiger partial charge is 0.310 e. The van der Waals surface area contributed by atoms with Gasteiger partial charge in [-0.1, -0.05) is 12.8 Å². The topological polar surface area (TPSA) is 15.3 Å². The first kappa shape index (κ1) is 11.0. The van der Waals surface area contributed by atoms with E-state index in [2.05, 4.69) is 17.1 Å². The molecule has 3 rings (SSSR count). The molecule has 2 aliphatic carbocycles. The van der Waals surface area contributed by atoms with Gasteiger partial charge in [0.05, 0.1) is 0 Å². The van der Waals surface area contributed by atoms with Crippen molar-refractivity contribution in [2.24, 2.45) is 5.92 Å². The lowest BCUT2D eigenvalue weighted by Crippen LogP contribution is -2.52. The molecule has 2 saturated carbocycles. The van der Waals surface area contributed by atoms with E-state index < -0.39 is 0 Å². The Kier molecular flexibility index (Phi) is 2.97. The van der Waals surface area contributed by atoms with Crippen LogP contribution in [0.1, 0.15) is 51.9 Å². The van der Waals surface area contributed by atoms with Gasteiger partial charge in [-0.3, -0.25) is 4.90 Å². The summed E-state index contributed by atoms with van der Waals surface area (Å²) in [5, 5.41) is 3.83. The van der Waals surface area contributed by atoms with E-state index in [0.717, 1.165) is 12.0 Å². The van der Waals surface area contributed by atoms with Gasteiger partial charge >= 0.3 is 0 Å². The lowest BCUT2D eigenvalue weighted by Gasteiger charge is -2.36. The van der Waals surface area contributed by atoms with Crippen molar-refractivity contribution in [2.75, 3.05) is 19.6 Å².